The number of aromatic nitrogens is 8. The van der Waals surface area contributed by atoms with Crippen LogP contribution in [0, 0.1) is 5.82 Å². The average Bonchev–Trinajstić information content (AvgIpc) is 3.83. The van der Waals surface area contributed by atoms with Gasteiger partial charge in [-0.05, 0) is 42.0 Å². The number of carboxylic acid groups (broad SMARTS) is 1. The highest BCUT2D eigenvalue weighted by atomic mass is 35.5. The first kappa shape index (κ1) is 30.8. The molecule has 1 N–H and O–H groups in total. The first-order valence-corrected chi connectivity index (χ1v) is 14.2. The summed E-state index contributed by atoms with van der Waals surface area (Å²) in [6.45, 7) is -2.82. The van der Waals surface area contributed by atoms with Crippen LogP contribution in [0.4, 0.5) is 13.2 Å². The maximum atomic E-state index is 15.6. The van der Waals surface area contributed by atoms with E-state index in [0.717, 1.165) is 0 Å². The van der Waals surface area contributed by atoms with E-state index in [9.17, 15) is 18.7 Å². The van der Waals surface area contributed by atoms with E-state index in [-0.39, 0.29) is 27.7 Å². The van der Waals surface area contributed by atoms with E-state index in [1.54, 1.807) is 53.6 Å². The number of pyridine rings is 1. The van der Waals surface area contributed by atoms with Gasteiger partial charge in [-0.15, -0.1) is 5.10 Å². The van der Waals surface area contributed by atoms with Crippen LogP contribution in [0.1, 0.15) is 34.3 Å². The Hall–Kier alpha value is -5.21. The molecule has 6 aromatic rings. The van der Waals surface area contributed by atoms with Crippen LogP contribution in [0.25, 0.3) is 27.9 Å². The fourth-order valence-corrected chi connectivity index (χ4v) is 5.30. The van der Waals surface area contributed by atoms with Gasteiger partial charge in [0, 0.05) is 35.2 Å². The number of hydrogen-bond acceptors (Lipinski definition) is 6. The molecule has 4 aromatic heterocycles. The Labute approximate surface area is 268 Å². The number of benzene rings is 2. The molecule has 16 heteroatoms. The van der Waals surface area contributed by atoms with Gasteiger partial charge in [0.05, 0.1) is 45.5 Å². The topological polar surface area (TPSA) is 117 Å². The molecule has 11 nitrogen and oxygen atoms in total. The van der Waals surface area contributed by atoms with E-state index < -0.39 is 24.4 Å². The van der Waals surface area contributed by atoms with E-state index in [2.05, 4.69) is 20.5 Å². The first-order valence-electron chi connectivity index (χ1n) is 13.5. The van der Waals surface area contributed by atoms with Gasteiger partial charge in [0.25, 0.3) is 5.69 Å². The summed E-state index contributed by atoms with van der Waals surface area (Å²) >= 11 is 12.1. The summed E-state index contributed by atoms with van der Waals surface area (Å²) in [5.41, 5.74) is 3.18. The van der Waals surface area contributed by atoms with Crippen LogP contribution in [0.3, 0.4) is 0 Å². The highest BCUT2D eigenvalue weighted by Crippen LogP contribution is 2.34. The van der Waals surface area contributed by atoms with E-state index in [1.165, 1.54) is 53.2 Å². The predicted molar refractivity (Wildman–Crippen MR) is 159 cm³/mol. The normalized spacial score (nSPS) is 12.1. The van der Waals surface area contributed by atoms with Crippen molar-refractivity contribution in [2.45, 2.75) is 19.0 Å². The van der Waals surface area contributed by atoms with Crippen LogP contribution < -0.4 is 9.57 Å². The second kappa shape index (κ2) is 12.7. The maximum Gasteiger partial charge on any atom is 0.335 e. The van der Waals surface area contributed by atoms with Gasteiger partial charge in [-0.25, -0.2) is 18.5 Å². The Bertz CT molecular complexity index is 2050. The van der Waals surface area contributed by atoms with Gasteiger partial charge in [-0.3, -0.25) is 9.52 Å². The molecule has 4 heterocycles. The van der Waals surface area contributed by atoms with Gasteiger partial charge in [0.2, 0.25) is 6.20 Å². The third kappa shape index (κ3) is 6.04. The summed E-state index contributed by atoms with van der Waals surface area (Å²) in [5, 5.41) is 25.5. The lowest BCUT2D eigenvalue weighted by Crippen LogP contribution is -2.46. The molecule has 0 aliphatic heterocycles. The van der Waals surface area contributed by atoms with E-state index in [4.69, 9.17) is 28.0 Å². The Morgan fingerprint density at radius 1 is 1.00 bits per heavy atom. The molecular weight excluding hydrogens is 648 g/mol. The molecule has 0 unspecified atom stereocenters. The van der Waals surface area contributed by atoms with Crippen molar-refractivity contribution in [3.63, 3.8) is 0 Å². The molecule has 0 amide bonds. The molecule has 6 rings (SSSR count). The summed E-state index contributed by atoms with van der Waals surface area (Å²) < 4.78 is 47.2. The summed E-state index contributed by atoms with van der Waals surface area (Å²) in [7, 11) is 1.42. The number of carbonyl (C=O) groups is 1. The highest BCUT2D eigenvalue weighted by molar-refractivity contribution is 6.31. The smallest absolute Gasteiger partial charge is 0.335 e. The zero-order chi connectivity index (χ0) is 32.5. The molecule has 1 atom stereocenters. The predicted octanol–water partition coefficient (Wildman–Crippen LogP) is 5.71. The molecule has 0 spiro atoms. The van der Waals surface area contributed by atoms with Crippen LogP contribution >= 0.6 is 23.2 Å². The third-order valence-electron chi connectivity index (χ3n) is 7.21. The van der Waals surface area contributed by atoms with Crippen LogP contribution in [-0.2, 0) is 6.42 Å². The van der Waals surface area contributed by atoms with Gasteiger partial charge in [0.15, 0.2) is 11.0 Å². The molecule has 0 fully saturated rings. The van der Waals surface area contributed by atoms with Crippen molar-refractivity contribution >= 4 is 29.2 Å². The monoisotopic (exact) mass is 669 g/mol. The van der Waals surface area contributed by atoms with Gasteiger partial charge >= 0.3 is 12.5 Å². The minimum absolute atomic E-state index is 0.102. The summed E-state index contributed by atoms with van der Waals surface area (Å²) in [5.74, 6) is -1.76. The maximum absolute atomic E-state index is 15.6. The minimum atomic E-state index is -2.82. The number of nitrogens with zero attached hydrogens (tertiary/aromatic N) is 8. The number of rotatable bonds is 10. The third-order valence-corrected chi connectivity index (χ3v) is 7.67. The SMILES string of the molecule is CO[n+]1cc(-c2c(-n3cc(Cl)nn3)ccc(Cl)c2F)ccc1[C@@H](Cc1ccn(C(F)F)n1)n1cc(-c2ccc(C(=O)O)cc2)cn1. The largest absolute Gasteiger partial charge is 0.478 e. The van der Waals surface area contributed by atoms with E-state index >= 15 is 4.39 Å². The number of aromatic carboxylic acids is 1. The quantitative estimate of drug-likeness (QED) is 0.186. The molecule has 0 saturated heterocycles. The average molecular weight is 670 g/mol. The summed E-state index contributed by atoms with van der Waals surface area (Å²) in [6, 6.07) is 13.4. The Morgan fingerprint density at radius 3 is 2.41 bits per heavy atom. The van der Waals surface area contributed by atoms with Crippen molar-refractivity contribution in [2.75, 3.05) is 7.11 Å². The minimum Gasteiger partial charge on any atom is -0.478 e. The van der Waals surface area contributed by atoms with Crippen LogP contribution in [0.5, 0.6) is 0 Å². The number of halogens is 5. The second-order valence-electron chi connectivity index (χ2n) is 9.97. The first-order chi connectivity index (χ1) is 22.1. The molecule has 0 radical (unpaired) electrons. The number of alkyl halides is 2. The molecule has 0 aliphatic rings. The molecule has 234 valence electrons. The van der Waals surface area contributed by atoms with E-state index in [1.807, 2.05) is 0 Å². The van der Waals surface area contributed by atoms with Crippen LogP contribution in [-0.4, -0.2) is 52.7 Å². The fraction of sp³-hybridized carbons (Fsp3) is 0.133. The lowest BCUT2D eigenvalue weighted by atomic mass is 10.0. The van der Waals surface area contributed by atoms with Crippen molar-refractivity contribution in [1.29, 1.82) is 0 Å². The van der Waals surface area contributed by atoms with Crippen molar-refractivity contribution in [3.8, 4) is 27.9 Å². The second-order valence-corrected chi connectivity index (χ2v) is 10.8. The van der Waals surface area contributed by atoms with E-state index in [0.29, 0.717) is 38.4 Å². The molecule has 0 aliphatic carbocycles. The molecule has 0 saturated carbocycles. The number of carboxylic acids is 1. The molecule has 2 aromatic carbocycles. The lowest BCUT2D eigenvalue weighted by molar-refractivity contribution is -0.891. The Kier molecular flexibility index (Phi) is 8.47. The standard InChI is InChI=1S/C30H21Cl2F3N8O3/c1-46-43-15-19(27-24(9-7-22(31)28(27)33)42-16-26(32)37-39-42)6-8-23(43)25(12-21-10-11-40(38-21)30(34)35)41-14-20(13-36-41)17-2-4-18(5-3-17)29(44)45/h2-11,13-16,25,30H,12H2,1H3/p+1/t25-/m1/s1. The molecular formula is C30H22Cl2F3N8O3+. The van der Waals surface area contributed by atoms with Crippen molar-refractivity contribution < 1.29 is 32.6 Å². The molecule has 0 bridgehead atoms. The van der Waals surface area contributed by atoms with Crippen molar-refractivity contribution in [2.24, 2.45) is 0 Å². The highest BCUT2D eigenvalue weighted by Gasteiger charge is 2.30. The van der Waals surface area contributed by atoms with Crippen LogP contribution in [0.2, 0.25) is 10.2 Å². The Balaban J connectivity index is 1.44. The van der Waals surface area contributed by atoms with Crippen molar-refractivity contribution in [3.05, 3.63) is 119 Å². The Morgan fingerprint density at radius 2 is 1.76 bits per heavy atom. The lowest BCUT2D eigenvalue weighted by Gasteiger charge is -2.16. The fourth-order valence-electron chi connectivity index (χ4n) is 5.01. The van der Waals surface area contributed by atoms with Crippen LogP contribution in [0.15, 0.2) is 85.6 Å². The summed E-state index contributed by atoms with van der Waals surface area (Å²) in [6.07, 6.45) is 7.61. The zero-order valence-electron chi connectivity index (χ0n) is 23.7. The summed E-state index contributed by atoms with van der Waals surface area (Å²) in [4.78, 5) is 17.0. The van der Waals surface area contributed by atoms with Gasteiger partial charge < -0.3 is 5.11 Å². The van der Waals surface area contributed by atoms with Gasteiger partial charge in [0.1, 0.15) is 13.2 Å². The van der Waals surface area contributed by atoms with Gasteiger partial charge in [-0.1, -0.05) is 40.5 Å². The number of hydrogen-bond donors (Lipinski definition) is 1. The van der Waals surface area contributed by atoms with Crippen molar-refractivity contribution in [1.82, 2.24) is 34.6 Å². The molecule has 46 heavy (non-hydrogen) atoms. The van der Waals surface area contributed by atoms with Gasteiger partial charge in [-0.2, -0.15) is 19.0 Å². The zero-order valence-corrected chi connectivity index (χ0v) is 25.2.